The molecule has 0 spiro atoms. The molecule has 58 valence electrons. The molecule has 0 unspecified atom stereocenters. The van der Waals surface area contributed by atoms with Gasteiger partial charge in [-0.1, -0.05) is 0 Å². The van der Waals surface area contributed by atoms with Gasteiger partial charge in [-0.05, 0) is 22.9 Å². The lowest BCUT2D eigenvalue weighted by Crippen LogP contribution is -1.91. The van der Waals surface area contributed by atoms with Crippen molar-refractivity contribution < 1.29 is 4.79 Å². The number of thiophene rings is 2. The van der Waals surface area contributed by atoms with Gasteiger partial charge >= 0.3 is 0 Å². The largest absolute Gasteiger partial charge is 0.289 e. The van der Waals surface area contributed by atoms with Crippen LogP contribution < -0.4 is 0 Å². The highest BCUT2D eigenvalue weighted by Crippen LogP contribution is 2.43. The Kier molecular flexibility index (Phi) is 1.13. The van der Waals surface area contributed by atoms with Crippen molar-refractivity contribution in [2.75, 3.05) is 0 Å². The van der Waals surface area contributed by atoms with Crippen molar-refractivity contribution in [3.63, 3.8) is 0 Å². The molecule has 0 fully saturated rings. The molecule has 0 atom stereocenters. The molecule has 0 radical (unpaired) electrons. The summed E-state index contributed by atoms with van der Waals surface area (Å²) in [6.45, 7) is 0. The summed E-state index contributed by atoms with van der Waals surface area (Å²) in [5.74, 6) is 0.197. The molecule has 1 aliphatic carbocycles. The molecule has 1 aliphatic rings. The lowest BCUT2D eigenvalue weighted by molar-refractivity contribution is 0.104. The minimum Gasteiger partial charge on any atom is -0.289 e. The van der Waals surface area contributed by atoms with E-state index in [2.05, 4.69) is 0 Å². The second-order valence-electron chi connectivity index (χ2n) is 2.66. The Morgan fingerprint density at radius 3 is 1.92 bits per heavy atom. The van der Waals surface area contributed by atoms with Gasteiger partial charge in [-0.3, -0.25) is 4.79 Å². The van der Waals surface area contributed by atoms with Crippen molar-refractivity contribution in [3.8, 4) is 9.75 Å². The zero-order valence-corrected chi connectivity index (χ0v) is 7.67. The molecule has 2 heterocycles. The normalized spacial score (nSPS) is 13.2. The highest BCUT2D eigenvalue weighted by atomic mass is 32.1. The SMILES string of the molecule is O=C1c2ccsc2-c2sccc21. The maximum absolute atomic E-state index is 11.6. The first-order valence-electron chi connectivity index (χ1n) is 3.58. The average Bonchev–Trinajstić information content (AvgIpc) is 2.72. The minimum atomic E-state index is 0.197. The number of hydrogen-bond acceptors (Lipinski definition) is 3. The Bertz CT molecular complexity index is 422. The summed E-state index contributed by atoms with van der Waals surface area (Å²) in [5.41, 5.74) is 1.78. The number of rotatable bonds is 0. The maximum Gasteiger partial charge on any atom is 0.196 e. The first kappa shape index (κ1) is 6.57. The summed E-state index contributed by atoms with van der Waals surface area (Å²) in [4.78, 5) is 13.9. The van der Waals surface area contributed by atoms with Gasteiger partial charge in [0.15, 0.2) is 5.78 Å². The lowest BCUT2D eigenvalue weighted by Gasteiger charge is -1.83. The standard InChI is InChI=1S/C9H4OS2/c10-7-5-1-3-11-8(5)9-6(7)2-4-12-9/h1-4H. The molecule has 0 bridgehead atoms. The molecule has 0 saturated heterocycles. The predicted molar refractivity (Wildman–Crippen MR) is 51.1 cm³/mol. The van der Waals surface area contributed by atoms with Crippen LogP contribution in [0.2, 0.25) is 0 Å². The molecule has 12 heavy (non-hydrogen) atoms. The Balaban J connectivity index is 2.47. The van der Waals surface area contributed by atoms with E-state index in [9.17, 15) is 4.79 Å². The molecule has 0 aliphatic heterocycles. The summed E-state index contributed by atoms with van der Waals surface area (Å²) >= 11 is 3.31. The fourth-order valence-electron chi connectivity index (χ4n) is 1.47. The van der Waals surface area contributed by atoms with Gasteiger partial charge in [-0.15, -0.1) is 22.7 Å². The lowest BCUT2D eigenvalue weighted by atomic mass is 10.2. The Morgan fingerprint density at radius 2 is 1.42 bits per heavy atom. The van der Waals surface area contributed by atoms with Crippen molar-refractivity contribution >= 4 is 28.5 Å². The molecule has 0 saturated carbocycles. The van der Waals surface area contributed by atoms with Crippen LogP contribution in [0.25, 0.3) is 9.75 Å². The van der Waals surface area contributed by atoms with Gasteiger partial charge < -0.3 is 0 Å². The van der Waals surface area contributed by atoms with Crippen LogP contribution in [0.1, 0.15) is 15.9 Å². The van der Waals surface area contributed by atoms with E-state index >= 15 is 0 Å². The second kappa shape index (κ2) is 2.06. The van der Waals surface area contributed by atoms with Gasteiger partial charge in [0.25, 0.3) is 0 Å². The second-order valence-corrected chi connectivity index (χ2v) is 4.49. The highest BCUT2D eigenvalue weighted by molar-refractivity contribution is 7.21. The summed E-state index contributed by atoms with van der Waals surface area (Å²) < 4.78 is 0. The Morgan fingerprint density at radius 1 is 0.917 bits per heavy atom. The van der Waals surface area contributed by atoms with E-state index in [-0.39, 0.29) is 5.78 Å². The van der Waals surface area contributed by atoms with Gasteiger partial charge in [-0.25, -0.2) is 0 Å². The fraction of sp³-hybridized carbons (Fsp3) is 0. The van der Waals surface area contributed by atoms with E-state index in [4.69, 9.17) is 0 Å². The molecule has 0 aromatic carbocycles. The minimum absolute atomic E-state index is 0.197. The number of carbonyl (C=O) groups excluding carboxylic acids is 1. The van der Waals surface area contributed by atoms with Crippen LogP contribution in [0.3, 0.4) is 0 Å². The van der Waals surface area contributed by atoms with Gasteiger partial charge in [0.1, 0.15) is 0 Å². The average molecular weight is 192 g/mol. The van der Waals surface area contributed by atoms with E-state index in [0.717, 1.165) is 20.9 Å². The van der Waals surface area contributed by atoms with Crippen LogP contribution >= 0.6 is 22.7 Å². The molecule has 3 rings (SSSR count). The first-order valence-corrected chi connectivity index (χ1v) is 5.34. The third-order valence-electron chi connectivity index (χ3n) is 2.03. The third-order valence-corrected chi connectivity index (χ3v) is 4.02. The van der Waals surface area contributed by atoms with Crippen molar-refractivity contribution in [2.45, 2.75) is 0 Å². The molecule has 1 nitrogen and oxygen atoms in total. The van der Waals surface area contributed by atoms with Crippen molar-refractivity contribution in [2.24, 2.45) is 0 Å². The van der Waals surface area contributed by atoms with Gasteiger partial charge in [0.05, 0.1) is 9.75 Å². The number of carbonyl (C=O) groups is 1. The van der Waals surface area contributed by atoms with Crippen molar-refractivity contribution in [1.29, 1.82) is 0 Å². The first-order chi connectivity index (χ1) is 5.88. The van der Waals surface area contributed by atoms with E-state index in [1.54, 1.807) is 22.7 Å². The predicted octanol–water partition coefficient (Wildman–Crippen LogP) is 3.02. The fourth-order valence-corrected chi connectivity index (χ4v) is 3.45. The van der Waals surface area contributed by atoms with Crippen LogP contribution in [-0.2, 0) is 0 Å². The zero-order valence-electron chi connectivity index (χ0n) is 6.03. The van der Waals surface area contributed by atoms with Crippen LogP contribution in [0.5, 0.6) is 0 Å². The van der Waals surface area contributed by atoms with E-state index < -0.39 is 0 Å². The van der Waals surface area contributed by atoms with Crippen molar-refractivity contribution in [1.82, 2.24) is 0 Å². The number of hydrogen-bond donors (Lipinski definition) is 0. The Labute approximate surface area is 77.3 Å². The monoisotopic (exact) mass is 192 g/mol. The molecular weight excluding hydrogens is 188 g/mol. The highest BCUT2D eigenvalue weighted by Gasteiger charge is 2.28. The van der Waals surface area contributed by atoms with Gasteiger partial charge in [0, 0.05) is 11.1 Å². The molecule has 0 amide bonds. The summed E-state index contributed by atoms with van der Waals surface area (Å²) in [7, 11) is 0. The molecule has 2 aromatic heterocycles. The summed E-state index contributed by atoms with van der Waals surface area (Å²) in [5, 5.41) is 3.95. The number of fused-ring (bicyclic) bond motifs is 3. The number of ketones is 1. The van der Waals surface area contributed by atoms with Gasteiger partial charge in [0.2, 0.25) is 0 Å². The van der Waals surface area contributed by atoms with Crippen LogP contribution in [0.15, 0.2) is 22.9 Å². The molecule has 0 N–H and O–H groups in total. The topological polar surface area (TPSA) is 17.1 Å². The quantitative estimate of drug-likeness (QED) is 0.535. The van der Waals surface area contributed by atoms with E-state index in [1.165, 1.54) is 0 Å². The molecule has 3 heteroatoms. The van der Waals surface area contributed by atoms with Crippen LogP contribution in [-0.4, -0.2) is 5.78 Å². The molecular formula is C9H4OS2. The summed E-state index contributed by atoms with van der Waals surface area (Å²) in [6, 6.07) is 3.82. The van der Waals surface area contributed by atoms with E-state index in [1.807, 2.05) is 22.9 Å². The van der Waals surface area contributed by atoms with Gasteiger partial charge in [-0.2, -0.15) is 0 Å². The smallest absolute Gasteiger partial charge is 0.196 e. The van der Waals surface area contributed by atoms with Crippen molar-refractivity contribution in [3.05, 3.63) is 34.0 Å². The van der Waals surface area contributed by atoms with Crippen LogP contribution in [0, 0.1) is 0 Å². The molecule has 2 aromatic rings. The summed E-state index contributed by atoms with van der Waals surface area (Å²) in [6.07, 6.45) is 0. The zero-order chi connectivity index (χ0) is 8.13. The van der Waals surface area contributed by atoms with Crippen LogP contribution in [0.4, 0.5) is 0 Å². The Hall–Kier alpha value is -0.930. The van der Waals surface area contributed by atoms with E-state index in [0.29, 0.717) is 0 Å². The third kappa shape index (κ3) is 0.612. The maximum atomic E-state index is 11.6.